The van der Waals surface area contributed by atoms with E-state index in [4.69, 9.17) is 14.7 Å². The lowest BCUT2D eigenvalue weighted by Gasteiger charge is -2.25. The molecule has 1 aromatic heterocycles. The van der Waals surface area contributed by atoms with E-state index in [0.717, 1.165) is 11.1 Å². The van der Waals surface area contributed by atoms with Gasteiger partial charge in [0.15, 0.2) is 6.73 Å². The molecule has 9 heteroatoms. The highest BCUT2D eigenvalue weighted by molar-refractivity contribution is 9.10. The fourth-order valence-corrected chi connectivity index (χ4v) is 3.39. The highest BCUT2D eigenvalue weighted by atomic mass is 79.9. The Morgan fingerprint density at radius 2 is 1.66 bits per heavy atom. The van der Waals surface area contributed by atoms with Crippen molar-refractivity contribution in [3.05, 3.63) is 69.3 Å². The summed E-state index contributed by atoms with van der Waals surface area (Å²) in [4.78, 5) is 23.0. The predicted molar refractivity (Wildman–Crippen MR) is 134 cm³/mol. The van der Waals surface area contributed by atoms with Crippen LogP contribution >= 0.6 is 15.9 Å². The summed E-state index contributed by atoms with van der Waals surface area (Å²) in [6.45, 7) is 8.88. The van der Waals surface area contributed by atoms with Gasteiger partial charge in [-0.3, -0.25) is 9.69 Å². The molecule has 0 unspecified atom stereocenters. The minimum atomic E-state index is -0.685. The molecule has 3 aromatic rings. The van der Waals surface area contributed by atoms with Crippen LogP contribution in [0, 0.1) is 41.9 Å². The van der Waals surface area contributed by atoms with E-state index >= 15 is 0 Å². The van der Waals surface area contributed by atoms with E-state index in [0.29, 0.717) is 27.0 Å². The van der Waals surface area contributed by atoms with E-state index in [1.165, 1.54) is 0 Å². The Morgan fingerprint density at radius 1 is 1.06 bits per heavy atom. The fourth-order valence-electron chi connectivity index (χ4n) is 3.12. The first-order valence-electron chi connectivity index (χ1n) is 10.7. The van der Waals surface area contributed by atoms with E-state index in [2.05, 4.69) is 38.0 Å². The number of aryl methyl sites for hydroxylation is 2. The Labute approximate surface area is 212 Å². The second-order valence-corrected chi connectivity index (χ2v) is 9.73. The minimum Gasteiger partial charge on any atom is -0.443 e. The van der Waals surface area contributed by atoms with Crippen LogP contribution in [0.5, 0.6) is 11.6 Å². The van der Waals surface area contributed by atoms with Gasteiger partial charge >= 0.3 is 5.97 Å². The maximum absolute atomic E-state index is 12.4. The molecule has 3 rings (SSSR count). The Morgan fingerprint density at radius 3 is 2.20 bits per heavy atom. The maximum Gasteiger partial charge on any atom is 0.312 e. The second-order valence-electron chi connectivity index (χ2n) is 8.87. The van der Waals surface area contributed by atoms with E-state index in [1.807, 2.05) is 13.8 Å². The van der Waals surface area contributed by atoms with Gasteiger partial charge in [-0.1, -0.05) is 0 Å². The number of carbonyl (C=O) groups excluding carboxylic acids is 1. The van der Waals surface area contributed by atoms with Crippen molar-refractivity contribution in [3.8, 4) is 23.8 Å². The topological polar surface area (TPSA) is 112 Å². The number of halogens is 1. The van der Waals surface area contributed by atoms with Crippen LogP contribution in [0.15, 0.2) is 47.1 Å². The number of nitriles is 2. The van der Waals surface area contributed by atoms with Gasteiger partial charge in [0.2, 0.25) is 11.8 Å². The molecular formula is C26H24BrN5O3. The maximum atomic E-state index is 12.4. The zero-order valence-corrected chi connectivity index (χ0v) is 21.7. The molecule has 0 fully saturated rings. The number of benzene rings is 2. The van der Waals surface area contributed by atoms with Crippen molar-refractivity contribution in [3.63, 3.8) is 0 Å². The van der Waals surface area contributed by atoms with Crippen LogP contribution in [0.3, 0.4) is 0 Å². The van der Waals surface area contributed by atoms with Crippen molar-refractivity contribution in [2.24, 2.45) is 5.41 Å². The van der Waals surface area contributed by atoms with Crippen LogP contribution in [-0.2, 0) is 9.53 Å². The molecule has 0 amide bonds. The number of esters is 1. The van der Waals surface area contributed by atoms with Crippen molar-refractivity contribution < 1.29 is 14.3 Å². The van der Waals surface area contributed by atoms with Crippen LogP contribution < -0.4 is 9.64 Å². The summed E-state index contributed by atoms with van der Waals surface area (Å²) in [5.41, 5.74) is 2.56. The number of hydrogen-bond donors (Lipinski definition) is 0. The zero-order chi connectivity index (χ0) is 25.8. The highest BCUT2D eigenvalue weighted by Crippen LogP contribution is 2.34. The van der Waals surface area contributed by atoms with Crippen LogP contribution in [0.4, 0.5) is 11.6 Å². The Kier molecular flexibility index (Phi) is 7.73. The predicted octanol–water partition coefficient (Wildman–Crippen LogP) is 6.08. The molecule has 0 spiro atoms. The summed E-state index contributed by atoms with van der Waals surface area (Å²) < 4.78 is 12.2. The lowest BCUT2D eigenvalue weighted by molar-refractivity contribution is -0.152. The molecule has 2 aromatic carbocycles. The lowest BCUT2D eigenvalue weighted by atomic mass is 9.98. The van der Waals surface area contributed by atoms with Gasteiger partial charge in [0.05, 0.1) is 39.3 Å². The molecule has 0 N–H and O–H groups in total. The van der Waals surface area contributed by atoms with Crippen molar-refractivity contribution in [1.82, 2.24) is 9.97 Å². The third kappa shape index (κ3) is 6.14. The van der Waals surface area contributed by atoms with E-state index in [-0.39, 0.29) is 24.5 Å². The number of nitrogens with zero attached hydrogens (tertiary/aromatic N) is 5. The summed E-state index contributed by atoms with van der Waals surface area (Å²) in [5, 5.41) is 18.3. The third-order valence-corrected chi connectivity index (χ3v) is 5.52. The summed E-state index contributed by atoms with van der Waals surface area (Å²) in [7, 11) is 0. The number of aromatic nitrogens is 2. The van der Waals surface area contributed by atoms with Crippen molar-refractivity contribution in [1.29, 1.82) is 10.5 Å². The molecule has 1 heterocycles. The van der Waals surface area contributed by atoms with Crippen LogP contribution in [-0.4, -0.2) is 22.7 Å². The van der Waals surface area contributed by atoms with Gasteiger partial charge in [0.25, 0.3) is 0 Å². The molecule has 0 radical (unpaired) electrons. The van der Waals surface area contributed by atoms with E-state index in [1.54, 1.807) is 68.3 Å². The van der Waals surface area contributed by atoms with Gasteiger partial charge in [-0.25, -0.2) is 4.98 Å². The number of anilines is 2. The summed E-state index contributed by atoms with van der Waals surface area (Å²) in [6, 6.07) is 14.5. The van der Waals surface area contributed by atoms with Crippen LogP contribution in [0.25, 0.3) is 0 Å². The van der Waals surface area contributed by atoms with Crippen molar-refractivity contribution in [2.75, 3.05) is 11.6 Å². The molecule has 35 heavy (non-hydrogen) atoms. The number of hydrogen-bond acceptors (Lipinski definition) is 8. The normalized spacial score (nSPS) is 10.7. The molecule has 0 aliphatic carbocycles. The van der Waals surface area contributed by atoms with E-state index in [9.17, 15) is 10.1 Å². The standard InChI is InChI=1S/C26H24BrN5O3/c1-16-10-19(13-29)11-17(2)22(16)35-23-21(27)14-30-25(31-23)32(15-34-24(33)26(3,4)5)20-8-6-18(12-28)7-9-20/h6-11,14H,15H2,1-5H3. The average molecular weight is 534 g/mol. The Bertz CT molecular complexity index is 1310. The minimum absolute atomic E-state index is 0.141. The quantitative estimate of drug-likeness (QED) is 0.276. The third-order valence-electron chi connectivity index (χ3n) is 4.97. The summed E-state index contributed by atoms with van der Waals surface area (Å²) in [5.74, 6) is 0.692. The summed E-state index contributed by atoms with van der Waals surface area (Å²) >= 11 is 3.44. The number of carbonyl (C=O) groups is 1. The first-order valence-corrected chi connectivity index (χ1v) is 11.5. The van der Waals surface area contributed by atoms with Crippen molar-refractivity contribution >= 4 is 33.5 Å². The van der Waals surface area contributed by atoms with Crippen LogP contribution in [0.1, 0.15) is 43.0 Å². The first-order chi connectivity index (χ1) is 16.5. The molecule has 0 atom stereocenters. The molecular weight excluding hydrogens is 510 g/mol. The molecule has 8 nitrogen and oxygen atoms in total. The van der Waals surface area contributed by atoms with Gasteiger partial charge in [0.1, 0.15) is 5.75 Å². The monoisotopic (exact) mass is 533 g/mol. The number of rotatable bonds is 6. The molecule has 0 aliphatic rings. The van der Waals surface area contributed by atoms with Gasteiger partial charge in [-0.2, -0.15) is 15.5 Å². The smallest absolute Gasteiger partial charge is 0.312 e. The van der Waals surface area contributed by atoms with Crippen LogP contribution in [0.2, 0.25) is 0 Å². The van der Waals surface area contributed by atoms with E-state index < -0.39 is 5.41 Å². The zero-order valence-electron chi connectivity index (χ0n) is 20.1. The fraction of sp³-hybridized carbons (Fsp3) is 0.269. The Balaban J connectivity index is 2.00. The molecule has 178 valence electrons. The lowest BCUT2D eigenvalue weighted by Crippen LogP contribution is -2.30. The molecule has 0 aliphatic heterocycles. The molecule has 0 saturated carbocycles. The largest absolute Gasteiger partial charge is 0.443 e. The Hall–Kier alpha value is -3.95. The first kappa shape index (κ1) is 25.7. The van der Waals surface area contributed by atoms with Gasteiger partial charge in [-0.05, 0) is 98.1 Å². The van der Waals surface area contributed by atoms with Gasteiger partial charge in [-0.15, -0.1) is 0 Å². The highest BCUT2D eigenvalue weighted by Gasteiger charge is 2.25. The number of ether oxygens (including phenoxy) is 2. The molecule has 0 saturated heterocycles. The van der Waals surface area contributed by atoms with Gasteiger partial charge in [0, 0.05) is 5.69 Å². The molecule has 0 bridgehead atoms. The van der Waals surface area contributed by atoms with Gasteiger partial charge < -0.3 is 9.47 Å². The summed E-state index contributed by atoms with van der Waals surface area (Å²) in [6.07, 6.45) is 1.55. The second kappa shape index (κ2) is 10.5. The SMILES string of the molecule is Cc1cc(C#N)cc(C)c1Oc1nc(N(COC(=O)C(C)(C)C)c2ccc(C#N)cc2)ncc1Br. The average Bonchev–Trinajstić information content (AvgIpc) is 2.82. The van der Waals surface area contributed by atoms with Crippen molar-refractivity contribution in [2.45, 2.75) is 34.6 Å².